The van der Waals surface area contributed by atoms with E-state index in [2.05, 4.69) is 43.5 Å². The second-order valence-corrected chi connectivity index (χ2v) is 13.7. The van der Waals surface area contributed by atoms with Crippen LogP contribution in [-0.2, 0) is 4.79 Å². The SMILES string of the molecule is CCCCCCC/C=C\CCCCCCCC(=O)NC(CO)C(O)/C=C/CC/C=C/CCCCCCCCCCCCCCCC. The Bertz CT molecular complexity index is 701. The molecule has 0 aromatic heterocycles. The fraction of sp³-hybridized carbons (Fsp3) is 0.833. The van der Waals surface area contributed by atoms with Crippen LogP contribution >= 0.6 is 0 Å². The molecule has 270 valence electrons. The Balaban J connectivity index is 3.64. The summed E-state index contributed by atoms with van der Waals surface area (Å²) in [6, 6.07) is -0.641. The van der Waals surface area contributed by atoms with Crippen LogP contribution in [0.25, 0.3) is 0 Å². The maximum atomic E-state index is 12.3. The highest BCUT2D eigenvalue weighted by atomic mass is 16.3. The fourth-order valence-electron chi connectivity index (χ4n) is 5.95. The zero-order valence-corrected chi connectivity index (χ0v) is 30.8. The van der Waals surface area contributed by atoms with E-state index in [-0.39, 0.29) is 12.5 Å². The van der Waals surface area contributed by atoms with Crippen LogP contribution in [0.5, 0.6) is 0 Å². The minimum atomic E-state index is -0.863. The molecule has 0 aromatic rings. The largest absolute Gasteiger partial charge is 0.394 e. The summed E-state index contributed by atoms with van der Waals surface area (Å²) >= 11 is 0. The van der Waals surface area contributed by atoms with E-state index >= 15 is 0 Å². The predicted octanol–water partition coefficient (Wildman–Crippen LogP) is 12.2. The Hall–Kier alpha value is -1.39. The van der Waals surface area contributed by atoms with E-state index in [1.54, 1.807) is 6.08 Å². The van der Waals surface area contributed by atoms with Crippen molar-refractivity contribution < 1.29 is 15.0 Å². The van der Waals surface area contributed by atoms with Gasteiger partial charge in [-0.1, -0.05) is 179 Å². The monoisotopic (exact) mass is 646 g/mol. The van der Waals surface area contributed by atoms with Crippen LogP contribution in [0.2, 0.25) is 0 Å². The highest BCUT2D eigenvalue weighted by Gasteiger charge is 2.17. The van der Waals surface area contributed by atoms with Gasteiger partial charge < -0.3 is 15.5 Å². The third-order valence-corrected chi connectivity index (χ3v) is 9.10. The standard InChI is InChI=1S/C42H79NO3/c1-3-5-7-9-11-13-15-17-19-20-21-22-23-24-25-27-29-31-33-35-37-41(45)40(39-44)43-42(46)38-36-34-32-30-28-26-18-16-14-12-10-8-6-4-2/h16,18,27,29,35,37,40-41,44-45H,3-15,17,19-26,28,30-34,36,38-39H2,1-2H3,(H,43,46)/b18-16-,29-27+,37-35+. The molecule has 4 nitrogen and oxygen atoms in total. The average Bonchev–Trinajstić information content (AvgIpc) is 3.06. The van der Waals surface area contributed by atoms with Gasteiger partial charge in [-0.2, -0.15) is 0 Å². The van der Waals surface area contributed by atoms with Gasteiger partial charge in [0.1, 0.15) is 0 Å². The first-order valence-corrected chi connectivity index (χ1v) is 20.2. The van der Waals surface area contributed by atoms with Crippen molar-refractivity contribution in [2.24, 2.45) is 0 Å². The summed E-state index contributed by atoms with van der Waals surface area (Å²) in [6.07, 6.45) is 49.5. The van der Waals surface area contributed by atoms with Gasteiger partial charge in [0.05, 0.1) is 18.8 Å². The lowest BCUT2D eigenvalue weighted by Crippen LogP contribution is -2.45. The maximum absolute atomic E-state index is 12.3. The lowest BCUT2D eigenvalue weighted by atomic mass is 10.0. The van der Waals surface area contributed by atoms with Crippen molar-refractivity contribution in [2.75, 3.05) is 6.61 Å². The van der Waals surface area contributed by atoms with Crippen LogP contribution in [0.15, 0.2) is 36.5 Å². The third kappa shape index (κ3) is 34.0. The molecule has 3 N–H and O–H groups in total. The van der Waals surface area contributed by atoms with Gasteiger partial charge in [0.25, 0.3) is 0 Å². The van der Waals surface area contributed by atoms with Crippen LogP contribution in [0.4, 0.5) is 0 Å². The lowest BCUT2D eigenvalue weighted by Gasteiger charge is -2.19. The minimum Gasteiger partial charge on any atom is -0.394 e. The molecule has 0 aromatic carbocycles. The number of amides is 1. The summed E-state index contributed by atoms with van der Waals surface area (Å²) < 4.78 is 0. The van der Waals surface area contributed by atoms with Crippen molar-refractivity contribution in [2.45, 2.75) is 219 Å². The molecule has 0 bridgehead atoms. The molecule has 0 heterocycles. The van der Waals surface area contributed by atoms with E-state index in [0.717, 1.165) is 44.9 Å². The second-order valence-electron chi connectivity index (χ2n) is 13.7. The highest BCUT2D eigenvalue weighted by Crippen LogP contribution is 2.14. The zero-order valence-electron chi connectivity index (χ0n) is 30.8. The number of rotatable bonds is 36. The van der Waals surface area contributed by atoms with Gasteiger partial charge in [0.2, 0.25) is 5.91 Å². The summed E-state index contributed by atoms with van der Waals surface area (Å²) in [4.78, 5) is 12.3. The van der Waals surface area contributed by atoms with Gasteiger partial charge >= 0.3 is 0 Å². The Morgan fingerprint density at radius 2 is 0.848 bits per heavy atom. The molecule has 0 rings (SSSR count). The molecule has 0 fully saturated rings. The molecule has 0 radical (unpaired) electrons. The smallest absolute Gasteiger partial charge is 0.220 e. The summed E-state index contributed by atoms with van der Waals surface area (Å²) in [5.41, 5.74) is 0. The third-order valence-electron chi connectivity index (χ3n) is 9.10. The van der Waals surface area contributed by atoms with E-state index in [0.29, 0.717) is 6.42 Å². The molecule has 0 spiro atoms. The first-order chi connectivity index (χ1) is 22.7. The number of aliphatic hydroxyl groups excluding tert-OH is 2. The van der Waals surface area contributed by atoms with Crippen LogP contribution in [-0.4, -0.2) is 34.9 Å². The summed E-state index contributed by atoms with van der Waals surface area (Å²) in [6.45, 7) is 4.28. The van der Waals surface area contributed by atoms with Crippen LogP contribution in [0.3, 0.4) is 0 Å². The zero-order chi connectivity index (χ0) is 33.6. The minimum absolute atomic E-state index is 0.0835. The summed E-state index contributed by atoms with van der Waals surface area (Å²) in [5, 5.41) is 22.9. The Morgan fingerprint density at radius 3 is 1.26 bits per heavy atom. The molecular formula is C42H79NO3. The molecular weight excluding hydrogens is 566 g/mol. The van der Waals surface area contributed by atoms with Gasteiger partial charge in [-0.25, -0.2) is 0 Å². The lowest BCUT2D eigenvalue weighted by molar-refractivity contribution is -0.123. The van der Waals surface area contributed by atoms with E-state index < -0.39 is 12.1 Å². The number of nitrogens with one attached hydrogen (secondary N) is 1. The van der Waals surface area contributed by atoms with Crippen molar-refractivity contribution in [3.63, 3.8) is 0 Å². The van der Waals surface area contributed by atoms with E-state index in [1.807, 2.05) is 6.08 Å². The molecule has 0 saturated carbocycles. The first-order valence-electron chi connectivity index (χ1n) is 20.2. The predicted molar refractivity (Wildman–Crippen MR) is 202 cm³/mol. The fourth-order valence-corrected chi connectivity index (χ4v) is 5.95. The average molecular weight is 646 g/mol. The number of hydrogen-bond acceptors (Lipinski definition) is 3. The number of aliphatic hydroxyl groups is 2. The molecule has 1 amide bonds. The van der Waals surface area contributed by atoms with E-state index in [9.17, 15) is 15.0 Å². The molecule has 0 aliphatic carbocycles. The van der Waals surface area contributed by atoms with Crippen molar-refractivity contribution in [3.05, 3.63) is 36.5 Å². The number of allylic oxidation sites excluding steroid dienone is 5. The van der Waals surface area contributed by atoms with E-state index in [1.165, 1.54) is 141 Å². The van der Waals surface area contributed by atoms with E-state index in [4.69, 9.17) is 0 Å². The molecule has 2 unspecified atom stereocenters. The highest BCUT2D eigenvalue weighted by molar-refractivity contribution is 5.76. The van der Waals surface area contributed by atoms with Gasteiger partial charge in [-0.15, -0.1) is 0 Å². The Labute approximate surface area is 287 Å². The molecule has 0 aliphatic heterocycles. The molecule has 2 atom stereocenters. The van der Waals surface area contributed by atoms with Gasteiger partial charge in [-0.3, -0.25) is 4.79 Å². The van der Waals surface area contributed by atoms with Crippen LogP contribution in [0.1, 0.15) is 206 Å². The molecule has 46 heavy (non-hydrogen) atoms. The molecule has 0 aliphatic rings. The van der Waals surface area contributed by atoms with Crippen LogP contribution < -0.4 is 5.32 Å². The quantitative estimate of drug-likeness (QED) is 0.0469. The first kappa shape index (κ1) is 44.6. The van der Waals surface area contributed by atoms with Crippen molar-refractivity contribution in [1.82, 2.24) is 5.32 Å². The topological polar surface area (TPSA) is 69.6 Å². The maximum Gasteiger partial charge on any atom is 0.220 e. The number of hydrogen-bond donors (Lipinski definition) is 3. The Kier molecular flexibility index (Phi) is 36.9. The Morgan fingerprint density at radius 1 is 0.500 bits per heavy atom. The van der Waals surface area contributed by atoms with Gasteiger partial charge in [-0.05, 0) is 57.8 Å². The molecule has 0 saturated heterocycles. The number of unbranched alkanes of at least 4 members (excludes halogenated alkanes) is 25. The number of carbonyl (C=O) groups excluding carboxylic acids is 1. The number of carbonyl (C=O) groups is 1. The van der Waals surface area contributed by atoms with Gasteiger partial charge in [0, 0.05) is 6.42 Å². The van der Waals surface area contributed by atoms with Crippen molar-refractivity contribution >= 4 is 5.91 Å². The summed E-state index contributed by atoms with van der Waals surface area (Å²) in [5.74, 6) is -0.0835. The molecule has 4 heteroatoms. The summed E-state index contributed by atoms with van der Waals surface area (Å²) in [7, 11) is 0. The van der Waals surface area contributed by atoms with Crippen LogP contribution in [0, 0.1) is 0 Å². The van der Waals surface area contributed by atoms with Crippen molar-refractivity contribution in [3.8, 4) is 0 Å². The van der Waals surface area contributed by atoms with Crippen molar-refractivity contribution in [1.29, 1.82) is 0 Å². The normalized spacial score (nSPS) is 13.4. The van der Waals surface area contributed by atoms with Gasteiger partial charge in [0.15, 0.2) is 0 Å². The second kappa shape index (κ2) is 38.1.